The molecule has 0 radical (unpaired) electrons. The molecule has 0 aliphatic rings. The zero-order chi connectivity index (χ0) is 11.5. The van der Waals surface area contributed by atoms with E-state index in [1.807, 2.05) is 19.2 Å². The summed E-state index contributed by atoms with van der Waals surface area (Å²) in [6.07, 6.45) is 1.44. The van der Waals surface area contributed by atoms with E-state index in [-0.39, 0.29) is 6.04 Å². The topological polar surface area (TPSA) is 76.7 Å². The van der Waals surface area contributed by atoms with E-state index in [2.05, 4.69) is 20.3 Å². The second-order valence-corrected chi connectivity index (χ2v) is 4.41. The summed E-state index contributed by atoms with van der Waals surface area (Å²) in [5.74, 6) is 1.17. The first-order valence-electron chi connectivity index (χ1n) is 4.91. The van der Waals surface area contributed by atoms with Gasteiger partial charge < -0.3 is 11.1 Å². The molecule has 3 N–H and O–H groups in total. The highest BCUT2D eigenvalue weighted by Crippen LogP contribution is 2.21. The molecule has 6 heteroatoms. The lowest BCUT2D eigenvalue weighted by atomic mass is 10.3. The minimum absolute atomic E-state index is 0.119. The molecule has 0 saturated heterocycles. The Morgan fingerprint density at radius 1 is 1.44 bits per heavy atom. The van der Waals surface area contributed by atoms with E-state index < -0.39 is 0 Å². The second-order valence-electron chi connectivity index (χ2n) is 3.52. The maximum Gasteiger partial charge on any atom is 0.132 e. The lowest BCUT2D eigenvalue weighted by Crippen LogP contribution is -2.08. The average molecular weight is 235 g/mol. The number of nitrogens with one attached hydrogen (secondary N) is 1. The number of aromatic nitrogens is 3. The zero-order valence-electron chi connectivity index (χ0n) is 9.14. The molecular formula is C10H13N5S. The Hall–Kier alpha value is -1.69. The minimum atomic E-state index is 0.119. The largest absolute Gasteiger partial charge is 0.384 e. The van der Waals surface area contributed by atoms with Crippen molar-refractivity contribution in [2.75, 3.05) is 11.1 Å². The van der Waals surface area contributed by atoms with Crippen molar-refractivity contribution in [3.05, 3.63) is 28.5 Å². The number of thiazole rings is 1. The summed E-state index contributed by atoms with van der Waals surface area (Å²) >= 11 is 1.63. The van der Waals surface area contributed by atoms with Gasteiger partial charge in [-0.05, 0) is 13.8 Å². The van der Waals surface area contributed by atoms with Crippen LogP contribution in [0.15, 0.2) is 17.8 Å². The maximum atomic E-state index is 5.57. The van der Waals surface area contributed by atoms with E-state index in [1.54, 1.807) is 17.4 Å². The van der Waals surface area contributed by atoms with Gasteiger partial charge in [-0.1, -0.05) is 0 Å². The second kappa shape index (κ2) is 4.44. The lowest BCUT2D eigenvalue weighted by molar-refractivity contribution is 0.853. The summed E-state index contributed by atoms with van der Waals surface area (Å²) in [4.78, 5) is 12.3. The molecule has 84 valence electrons. The van der Waals surface area contributed by atoms with Crippen molar-refractivity contribution in [3.8, 4) is 0 Å². The van der Waals surface area contributed by atoms with Gasteiger partial charge in [-0.3, -0.25) is 0 Å². The number of nitrogen functional groups attached to an aromatic ring is 1. The van der Waals surface area contributed by atoms with Crippen molar-refractivity contribution in [1.82, 2.24) is 15.0 Å². The molecule has 0 aliphatic carbocycles. The monoisotopic (exact) mass is 235 g/mol. The van der Waals surface area contributed by atoms with Gasteiger partial charge in [0.15, 0.2) is 0 Å². The van der Waals surface area contributed by atoms with E-state index in [0.717, 1.165) is 10.7 Å². The summed E-state index contributed by atoms with van der Waals surface area (Å²) in [7, 11) is 0. The maximum absolute atomic E-state index is 5.57. The highest BCUT2D eigenvalue weighted by atomic mass is 32.1. The Morgan fingerprint density at radius 3 is 2.88 bits per heavy atom. The molecule has 0 amide bonds. The number of nitrogens with zero attached hydrogens (tertiary/aromatic N) is 3. The van der Waals surface area contributed by atoms with E-state index >= 15 is 0 Å². The molecular weight excluding hydrogens is 222 g/mol. The Morgan fingerprint density at radius 2 is 2.25 bits per heavy atom. The van der Waals surface area contributed by atoms with Crippen LogP contribution in [-0.2, 0) is 0 Å². The van der Waals surface area contributed by atoms with Gasteiger partial charge in [-0.25, -0.2) is 15.0 Å². The Kier molecular flexibility index (Phi) is 3.00. The van der Waals surface area contributed by atoms with Crippen LogP contribution < -0.4 is 11.1 Å². The molecule has 1 unspecified atom stereocenters. The van der Waals surface area contributed by atoms with Gasteiger partial charge in [0.1, 0.15) is 23.0 Å². The minimum Gasteiger partial charge on any atom is -0.384 e. The van der Waals surface area contributed by atoms with Gasteiger partial charge >= 0.3 is 0 Å². The first kappa shape index (κ1) is 10.8. The van der Waals surface area contributed by atoms with Crippen molar-refractivity contribution in [1.29, 1.82) is 0 Å². The number of nitrogens with two attached hydrogens (primary N) is 1. The number of hydrogen-bond acceptors (Lipinski definition) is 6. The molecule has 2 rings (SSSR count). The predicted octanol–water partition coefficient (Wildman–Crippen LogP) is 2.00. The SMILES string of the molecule is Cc1csc(C(C)Nc2cc(N)ncn2)n1. The summed E-state index contributed by atoms with van der Waals surface area (Å²) in [6.45, 7) is 4.02. The van der Waals surface area contributed by atoms with Crippen LogP contribution in [0.4, 0.5) is 11.6 Å². The molecule has 2 aromatic rings. The first-order valence-corrected chi connectivity index (χ1v) is 5.79. The van der Waals surface area contributed by atoms with Crippen LogP contribution in [0.1, 0.15) is 23.7 Å². The van der Waals surface area contributed by atoms with Crippen LogP contribution >= 0.6 is 11.3 Å². The predicted molar refractivity (Wildman–Crippen MR) is 65.3 cm³/mol. The van der Waals surface area contributed by atoms with Crippen molar-refractivity contribution in [2.24, 2.45) is 0 Å². The molecule has 0 aliphatic heterocycles. The van der Waals surface area contributed by atoms with Gasteiger partial charge in [-0.15, -0.1) is 11.3 Å². The van der Waals surface area contributed by atoms with E-state index in [4.69, 9.17) is 5.73 Å². The smallest absolute Gasteiger partial charge is 0.132 e. The zero-order valence-corrected chi connectivity index (χ0v) is 9.95. The molecule has 0 saturated carbocycles. The first-order chi connectivity index (χ1) is 7.65. The van der Waals surface area contributed by atoms with E-state index in [1.165, 1.54) is 6.33 Å². The molecule has 5 nitrogen and oxygen atoms in total. The quantitative estimate of drug-likeness (QED) is 0.850. The van der Waals surface area contributed by atoms with Crippen molar-refractivity contribution >= 4 is 23.0 Å². The van der Waals surface area contributed by atoms with Crippen molar-refractivity contribution in [3.63, 3.8) is 0 Å². The van der Waals surface area contributed by atoms with Crippen LogP contribution in [0.3, 0.4) is 0 Å². The van der Waals surface area contributed by atoms with Gasteiger partial charge in [0.05, 0.1) is 6.04 Å². The standard InChI is InChI=1S/C10H13N5S/c1-6-4-16-10(14-6)7(2)15-9-3-8(11)12-5-13-9/h3-5,7H,1-2H3,(H3,11,12,13,15). The molecule has 0 aromatic carbocycles. The lowest BCUT2D eigenvalue weighted by Gasteiger charge is -2.11. The van der Waals surface area contributed by atoms with Crippen LogP contribution in [0, 0.1) is 6.92 Å². The van der Waals surface area contributed by atoms with Crippen LogP contribution in [0.2, 0.25) is 0 Å². The van der Waals surface area contributed by atoms with Crippen molar-refractivity contribution < 1.29 is 0 Å². The average Bonchev–Trinajstić information content (AvgIpc) is 2.65. The molecule has 0 fully saturated rings. The molecule has 2 heterocycles. The Bertz CT molecular complexity index is 482. The molecule has 2 aromatic heterocycles. The number of hydrogen-bond donors (Lipinski definition) is 2. The fraction of sp³-hybridized carbons (Fsp3) is 0.300. The normalized spacial score (nSPS) is 12.4. The highest BCUT2D eigenvalue weighted by molar-refractivity contribution is 7.09. The third-order valence-electron chi connectivity index (χ3n) is 2.06. The summed E-state index contributed by atoms with van der Waals surface area (Å²) in [5.41, 5.74) is 6.61. The summed E-state index contributed by atoms with van der Waals surface area (Å²) < 4.78 is 0. The van der Waals surface area contributed by atoms with E-state index in [9.17, 15) is 0 Å². The van der Waals surface area contributed by atoms with E-state index in [0.29, 0.717) is 11.6 Å². The van der Waals surface area contributed by atoms with Crippen LogP contribution in [0.25, 0.3) is 0 Å². The summed E-state index contributed by atoms with van der Waals surface area (Å²) in [5, 5.41) is 6.30. The molecule has 1 atom stereocenters. The third-order valence-corrected chi connectivity index (χ3v) is 3.21. The molecule has 16 heavy (non-hydrogen) atoms. The van der Waals surface area contributed by atoms with Crippen LogP contribution in [-0.4, -0.2) is 15.0 Å². The molecule has 0 spiro atoms. The number of anilines is 2. The highest BCUT2D eigenvalue weighted by Gasteiger charge is 2.09. The third kappa shape index (κ3) is 2.46. The fourth-order valence-electron chi connectivity index (χ4n) is 1.31. The Balaban J connectivity index is 2.10. The Labute approximate surface area is 97.8 Å². The van der Waals surface area contributed by atoms with Gasteiger partial charge in [0.2, 0.25) is 0 Å². The summed E-state index contributed by atoms with van der Waals surface area (Å²) in [6, 6.07) is 1.82. The van der Waals surface area contributed by atoms with Gasteiger partial charge in [0, 0.05) is 17.1 Å². The number of rotatable bonds is 3. The fourth-order valence-corrected chi connectivity index (χ4v) is 2.11. The number of aryl methyl sites for hydroxylation is 1. The van der Waals surface area contributed by atoms with Gasteiger partial charge in [0.25, 0.3) is 0 Å². The van der Waals surface area contributed by atoms with Gasteiger partial charge in [-0.2, -0.15) is 0 Å². The van der Waals surface area contributed by atoms with Crippen LogP contribution in [0.5, 0.6) is 0 Å². The molecule has 0 bridgehead atoms. The van der Waals surface area contributed by atoms with Crippen molar-refractivity contribution in [2.45, 2.75) is 19.9 Å².